The summed E-state index contributed by atoms with van der Waals surface area (Å²) in [6.07, 6.45) is 1.86. The van der Waals surface area contributed by atoms with Crippen molar-refractivity contribution in [1.29, 1.82) is 0 Å². The van der Waals surface area contributed by atoms with Gasteiger partial charge in [0, 0.05) is 23.8 Å². The van der Waals surface area contributed by atoms with Crippen LogP contribution < -0.4 is 4.74 Å². The molecule has 3 rings (SSSR count). The predicted octanol–water partition coefficient (Wildman–Crippen LogP) is 2.81. The highest BCUT2D eigenvalue weighted by molar-refractivity contribution is 6.12. The first-order valence-electron chi connectivity index (χ1n) is 6.34. The monoisotopic (exact) mass is 267 g/mol. The normalized spacial score (nSPS) is 13.5. The van der Waals surface area contributed by atoms with Crippen LogP contribution >= 0.6 is 0 Å². The van der Waals surface area contributed by atoms with Crippen LogP contribution in [0.4, 0.5) is 0 Å². The van der Waals surface area contributed by atoms with Gasteiger partial charge in [-0.25, -0.2) is 0 Å². The van der Waals surface area contributed by atoms with E-state index >= 15 is 0 Å². The highest BCUT2D eigenvalue weighted by atomic mass is 16.5. The topological polar surface area (TPSA) is 58.9 Å². The zero-order chi connectivity index (χ0) is 13.9. The molecule has 0 saturated carbocycles. The van der Waals surface area contributed by atoms with Crippen molar-refractivity contribution in [2.75, 3.05) is 0 Å². The molecule has 20 heavy (non-hydrogen) atoms. The van der Waals surface area contributed by atoms with Crippen LogP contribution in [0.1, 0.15) is 27.0 Å². The van der Waals surface area contributed by atoms with Crippen LogP contribution in [0.25, 0.3) is 0 Å². The van der Waals surface area contributed by atoms with E-state index in [0.717, 1.165) is 11.1 Å². The van der Waals surface area contributed by atoms with Crippen LogP contribution in [0.3, 0.4) is 0 Å². The summed E-state index contributed by atoms with van der Waals surface area (Å²) in [6.45, 7) is 0.395. The number of carbonyl (C=O) groups is 1. The van der Waals surface area contributed by atoms with E-state index < -0.39 is 0 Å². The van der Waals surface area contributed by atoms with Crippen molar-refractivity contribution in [3.8, 4) is 5.75 Å². The molecule has 0 amide bonds. The van der Waals surface area contributed by atoms with Crippen molar-refractivity contribution < 1.29 is 14.7 Å². The number of rotatable bonds is 2. The van der Waals surface area contributed by atoms with E-state index in [1.165, 1.54) is 6.21 Å². The van der Waals surface area contributed by atoms with E-state index in [0.29, 0.717) is 29.9 Å². The van der Waals surface area contributed by atoms with Crippen LogP contribution in [-0.2, 0) is 13.0 Å². The summed E-state index contributed by atoms with van der Waals surface area (Å²) in [7, 11) is 0. The first kappa shape index (κ1) is 12.4. The van der Waals surface area contributed by atoms with Gasteiger partial charge >= 0.3 is 0 Å². The Kier molecular flexibility index (Phi) is 3.21. The molecule has 0 radical (unpaired) electrons. The maximum Gasteiger partial charge on any atom is 0.197 e. The smallest absolute Gasteiger partial charge is 0.197 e. The van der Waals surface area contributed by atoms with Crippen molar-refractivity contribution in [2.45, 2.75) is 13.0 Å². The summed E-state index contributed by atoms with van der Waals surface area (Å²) < 4.78 is 5.70. The molecule has 1 aliphatic rings. The molecule has 1 aliphatic heterocycles. The number of nitrogens with zero attached hydrogens (tertiary/aromatic N) is 1. The van der Waals surface area contributed by atoms with E-state index in [9.17, 15) is 4.79 Å². The third-order valence-corrected chi connectivity index (χ3v) is 3.34. The summed E-state index contributed by atoms with van der Waals surface area (Å²) in [5.74, 6) is 0.562. The molecule has 0 spiro atoms. The number of benzene rings is 2. The van der Waals surface area contributed by atoms with E-state index in [1.807, 2.05) is 30.3 Å². The molecule has 2 aromatic carbocycles. The summed E-state index contributed by atoms with van der Waals surface area (Å²) >= 11 is 0. The molecule has 0 atom stereocenters. The van der Waals surface area contributed by atoms with Gasteiger partial charge in [-0.2, -0.15) is 0 Å². The van der Waals surface area contributed by atoms with Crippen molar-refractivity contribution in [1.82, 2.24) is 0 Å². The first-order valence-corrected chi connectivity index (χ1v) is 6.34. The van der Waals surface area contributed by atoms with Crippen LogP contribution in [-0.4, -0.2) is 17.2 Å². The Hall–Kier alpha value is -2.62. The molecule has 0 saturated heterocycles. The van der Waals surface area contributed by atoms with Gasteiger partial charge in [0.2, 0.25) is 0 Å². The van der Waals surface area contributed by atoms with Gasteiger partial charge in [0.1, 0.15) is 12.4 Å². The van der Waals surface area contributed by atoms with Crippen molar-refractivity contribution in [2.24, 2.45) is 5.16 Å². The van der Waals surface area contributed by atoms with E-state index in [-0.39, 0.29) is 5.78 Å². The Morgan fingerprint density at radius 3 is 2.90 bits per heavy atom. The molecule has 0 bridgehead atoms. The minimum Gasteiger partial charge on any atom is -0.488 e. The predicted molar refractivity (Wildman–Crippen MR) is 74.6 cm³/mol. The maximum atomic E-state index is 12.6. The third-order valence-electron chi connectivity index (χ3n) is 3.34. The number of ketones is 1. The van der Waals surface area contributed by atoms with Crippen LogP contribution in [0.5, 0.6) is 5.75 Å². The molecule has 100 valence electrons. The number of ether oxygens (including phenoxy) is 1. The zero-order valence-electron chi connectivity index (χ0n) is 10.7. The second-order valence-corrected chi connectivity index (χ2v) is 4.61. The molecule has 1 heterocycles. The average molecular weight is 267 g/mol. The molecule has 0 aliphatic carbocycles. The number of hydrogen-bond donors (Lipinski definition) is 1. The van der Waals surface area contributed by atoms with Gasteiger partial charge in [0.15, 0.2) is 5.78 Å². The fraction of sp³-hybridized carbons (Fsp3) is 0.125. The second kappa shape index (κ2) is 5.17. The molecule has 4 nitrogen and oxygen atoms in total. The highest BCUT2D eigenvalue weighted by Gasteiger charge is 2.21. The van der Waals surface area contributed by atoms with Gasteiger partial charge in [-0.3, -0.25) is 4.79 Å². The number of fused-ring (bicyclic) bond motifs is 2. The van der Waals surface area contributed by atoms with E-state index in [4.69, 9.17) is 9.94 Å². The van der Waals surface area contributed by atoms with Gasteiger partial charge < -0.3 is 9.94 Å². The largest absolute Gasteiger partial charge is 0.488 e. The summed E-state index contributed by atoms with van der Waals surface area (Å²) in [6, 6.07) is 12.9. The molecule has 0 fully saturated rings. The lowest BCUT2D eigenvalue weighted by molar-refractivity contribution is 0.103. The Morgan fingerprint density at radius 2 is 2.05 bits per heavy atom. The number of carbonyl (C=O) groups excluding carboxylic acids is 1. The minimum atomic E-state index is -0.0316. The van der Waals surface area contributed by atoms with Gasteiger partial charge in [0.05, 0.1) is 5.56 Å². The molecule has 0 aromatic heterocycles. The Balaban J connectivity index is 2.06. The lowest BCUT2D eigenvalue weighted by Gasteiger charge is -2.07. The minimum absolute atomic E-state index is 0.0316. The summed E-state index contributed by atoms with van der Waals surface area (Å²) in [5, 5.41) is 11.4. The van der Waals surface area contributed by atoms with Crippen LogP contribution in [0, 0.1) is 0 Å². The Bertz CT molecular complexity index is 692. The molecule has 2 aromatic rings. The fourth-order valence-electron chi connectivity index (χ4n) is 2.32. The molecular formula is C16H13NO3. The number of oxime groups is 1. The van der Waals surface area contributed by atoms with Gasteiger partial charge in [-0.1, -0.05) is 30.3 Å². The van der Waals surface area contributed by atoms with Gasteiger partial charge in [-0.05, 0) is 17.7 Å². The Labute approximate surface area is 116 Å². The maximum absolute atomic E-state index is 12.6. The Morgan fingerprint density at radius 1 is 1.20 bits per heavy atom. The third kappa shape index (κ3) is 2.16. The lowest BCUT2D eigenvalue weighted by atomic mass is 9.97. The summed E-state index contributed by atoms with van der Waals surface area (Å²) in [4.78, 5) is 12.6. The quantitative estimate of drug-likeness (QED) is 0.517. The zero-order valence-corrected chi connectivity index (χ0v) is 10.7. The van der Waals surface area contributed by atoms with Crippen molar-refractivity contribution in [3.63, 3.8) is 0 Å². The highest BCUT2D eigenvalue weighted by Crippen LogP contribution is 2.29. The first-order chi connectivity index (χ1) is 9.79. The van der Waals surface area contributed by atoms with Crippen molar-refractivity contribution in [3.05, 3.63) is 64.7 Å². The number of hydrogen-bond acceptors (Lipinski definition) is 4. The van der Waals surface area contributed by atoms with E-state index in [1.54, 1.807) is 12.1 Å². The molecular weight excluding hydrogens is 254 g/mol. The van der Waals surface area contributed by atoms with Crippen LogP contribution in [0.2, 0.25) is 0 Å². The lowest BCUT2D eigenvalue weighted by Crippen LogP contribution is -2.03. The van der Waals surface area contributed by atoms with Crippen molar-refractivity contribution >= 4 is 12.0 Å². The standard InChI is InChI=1S/C16H13NO3/c18-16-13-4-2-1-3-12(13)10-20-15-6-5-11(7-8-17-19)9-14(15)16/h1-6,8-9,19H,7,10H2/b17-8+. The fourth-order valence-corrected chi connectivity index (χ4v) is 2.32. The van der Waals surface area contributed by atoms with Gasteiger partial charge in [0.25, 0.3) is 0 Å². The average Bonchev–Trinajstić information content (AvgIpc) is 2.63. The van der Waals surface area contributed by atoms with Crippen LogP contribution in [0.15, 0.2) is 47.6 Å². The SMILES string of the molecule is O=C1c2ccccc2COc2ccc(C/C=N/O)cc21. The van der Waals surface area contributed by atoms with E-state index in [2.05, 4.69) is 5.16 Å². The van der Waals surface area contributed by atoms with Gasteiger partial charge in [-0.15, -0.1) is 5.16 Å². The molecule has 4 heteroatoms. The molecule has 0 unspecified atom stereocenters. The molecule has 1 N–H and O–H groups in total. The second-order valence-electron chi connectivity index (χ2n) is 4.61. The summed E-state index contributed by atoms with van der Waals surface area (Å²) in [5.41, 5.74) is 3.03.